The van der Waals surface area contributed by atoms with E-state index in [-0.39, 0.29) is 5.41 Å². The highest BCUT2D eigenvalue weighted by Gasteiger charge is 2.13. The highest BCUT2D eigenvalue weighted by Crippen LogP contribution is 2.19. The van der Waals surface area contributed by atoms with Crippen LogP contribution in [0.4, 0.5) is 0 Å². The zero-order chi connectivity index (χ0) is 12.9. The van der Waals surface area contributed by atoms with Crippen LogP contribution in [0.3, 0.4) is 0 Å². The predicted octanol–water partition coefficient (Wildman–Crippen LogP) is 3.75. The van der Waals surface area contributed by atoms with Gasteiger partial charge in [0, 0.05) is 13.2 Å². The second-order valence-corrected chi connectivity index (χ2v) is 5.21. The van der Waals surface area contributed by atoms with Gasteiger partial charge >= 0.3 is 0 Å². The van der Waals surface area contributed by atoms with Gasteiger partial charge in [-0.15, -0.1) is 0 Å². The largest absolute Gasteiger partial charge is 0.396 e. The standard InChI is InChI=1S/2C7H16O/c1-4-5-7(2,3)6-8;1-2-3-4-5-6-7-8/h8H,4-6H2,1-3H3;8H,2-7H2,1H3. The van der Waals surface area contributed by atoms with Gasteiger partial charge in [-0.2, -0.15) is 0 Å². The number of rotatable bonds is 8. The van der Waals surface area contributed by atoms with Gasteiger partial charge in [-0.05, 0) is 18.3 Å². The average Bonchev–Trinajstić information content (AvgIpc) is 2.26. The Hall–Kier alpha value is -0.0800. The number of aliphatic hydroxyl groups is 2. The highest BCUT2D eigenvalue weighted by atomic mass is 16.3. The molecule has 0 unspecified atom stereocenters. The van der Waals surface area contributed by atoms with Gasteiger partial charge in [0.05, 0.1) is 0 Å². The van der Waals surface area contributed by atoms with Crippen LogP contribution in [0, 0.1) is 5.41 Å². The fourth-order valence-electron chi connectivity index (χ4n) is 1.47. The van der Waals surface area contributed by atoms with Crippen LogP contribution >= 0.6 is 0 Å². The van der Waals surface area contributed by atoms with Crippen LogP contribution < -0.4 is 0 Å². The Labute approximate surface area is 102 Å². The minimum Gasteiger partial charge on any atom is -0.396 e. The first-order valence-corrected chi connectivity index (χ1v) is 6.75. The highest BCUT2D eigenvalue weighted by molar-refractivity contribution is 4.64. The van der Waals surface area contributed by atoms with E-state index in [0.717, 1.165) is 19.3 Å². The molecular weight excluding hydrogens is 200 g/mol. The third kappa shape index (κ3) is 16.4. The summed E-state index contributed by atoms with van der Waals surface area (Å²) in [5.41, 5.74) is 0.148. The molecule has 16 heavy (non-hydrogen) atoms. The van der Waals surface area contributed by atoms with Crippen molar-refractivity contribution in [2.24, 2.45) is 5.41 Å². The number of unbranched alkanes of at least 4 members (excludes halogenated alkanes) is 4. The van der Waals surface area contributed by atoms with Gasteiger partial charge < -0.3 is 10.2 Å². The normalized spacial score (nSPS) is 10.9. The summed E-state index contributed by atoms with van der Waals surface area (Å²) in [6.07, 6.45) is 8.35. The van der Waals surface area contributed by atoms with Crippen molar-refractivity contribution in [1.82, 2.24) is 0 Å². The molecule has 0 aliphatic rings. The minimum absolute atomic E-state index is 0.148. The molecule has 0 atom stereocenters. The molecule has 100 valence electrons. The lowest BCUT2D eigenvalue weighted by Gasteiger charge is -2.19. The lowest BCUT2D eigenvalue weighted by Crippen LogP contribution is -2.15. The molecule has 0 bridgehead atoms. The maximum atomic E-state index is 8.73. The predicted molar refractivity (Wildman–Crippen MR) is 71.6 cm³/mol. The molecule has 0 spiro atoms. The number of hydrogen-bond donors (Lipinski definition) is 2. The second kappa shape index (κ2) is 13.0. The molecule has 0 heterocycles. The van der Waals surface area contributed by atoms with Crippen LogP contribution in [0.2, 0.25) is 0 Å². The third-order valence-electron chi connectivity index (χ3n) is 2.62. The molecule has 0 amide bonds. The molecule has 0 saturated heterocycles. The summed E-state index contributed by atoms with van der Waals surface area (Å²) in [6, 6.07) is 0. The van der Waals surface area contributed by atoms with E-state index in [1.165, 1.54) is 25.7 Å². The van der Waals surface area contributed by atoms with Crippen molar-refractivity contribution in [2.75, 3.05) is 13.2 Å². The molecule has 0 aromatic carbocycles. The van der Waals surface area contributed by atoms with Crippen molar-refractivity contribution in [3.05, 3.63) is 0 Å². The molecule has 0 aliphatic heterocycles. The summed E-state index contributed by atoms with van der Waals surface area (Å²) in [5.74, 6) is 0. The van der Waals surface area contributed by atoms with E-state index < -0.39 is 0 Å². The summed E-state index contributed by atoms with van der Waals surface area (Å²) in [4.78, 5) is 0. The number of hydrogen-bond acceptors (Lipinski definition) is 2. The maximum absolute atomic E-state index is 8.73. The van der Waals surface area contributed by atoms with E-state index in [1.54, 1.807) is 0 Å². The average molecular weight is 232 g/mol. The summed E-state index contributed by atoms with van der Waals surface area (Å²) < 4.78 is 0. The van der Waals surface area contributed by atoms with Crippen LogP contribution in [-0.4, -0.2) is 23.4 Å². The van der Waals surface area contributed by atoms with E-state index in [1.807, 2.05) is 0 Å². The van der Waals surface area contributed by atoms with Crippen molar-refractivity contribution in [1.29, 1.82) is 0 Å². The van der Waals surface area contributed by atoms with E-state index >= 15 is 0 Å². The monoisotopic (exact) mass is 232 g/mol. The van der Waals surface area contributed by atoms with Crippen LogP contribution in [0.1, 0.15) is 72.6 Å². The third-order valence-corrected chi connectivity index (χ3v) is 2.62. The first kappa shape index (κ1) is 18.3. The van der Waals surface area contributed by atoms with Crippen molar-refractivity contribution < 1.29 is 10.2 Å². The van der Waals surface area contributed by atoms with Gasteiger partial charge in [0.2, 0.25) is 0 Å². The van der Waals surface area contributed by atoms with Crippen molar-refractivity contribution in [3.63, 3.8) is 0 Å². The summed E-state index contributed by atoms with van der Waals surface area (Å²) in [7, 11) is 0. The molecule has 0 saturated carbocycles. The van der Waals surface area contributed by atoms with Gasteiger partial charge in [-0.25, -0.2) is 0 Å². The first-order valence-electron chi connectivity index (χ1n) is 6.75. The Balaban J connectivity index is 0. The van der Waals surface area contributed by atoms with Gasteiger partial charge in [-0.1, -0.05) is 59.8 Å². The topological polar surface area (TPSA) is 40.5 Å². The molecule has 2 N–H and O–H groups in total. The Morgan fingerprint density at radius 3 is 1.69 bits per heavy atom. The van der Waals surface area contributed by atoms with Crippen LogP contribution in [-0.2, 0) is 0 Å². The summed E-state index contributed by atoms with van der Waals surface area (Å²) in [5, 5.41) is 17.1. The van der Waals surface area contributed by atoms with Crippen LogP contribution in [0.5, 0.6) is 0 Å². The molecule has 0 aromatic heterocycles. The Kier molecular flexibility index (Phi) is 14.8. The molecule has 0 fully saturated rings. The van der Waals surface area contributed by atoms with Gasteiger partial charge in [0.15, 0.2) is 0 Å². The van der Waals surface area contributed by atoms with Gasteiger partial charge in [0.1, 0.15) is 0 Å². The number of aliphatic hydroxyl groups excluding tert-OH is 2. The molecule has 2 nitrogen and oxygen atoms in total. The van der Waals surface area contributed by atoms with E-state index in [0.29, 0.717) is 13.2 Å². The quantitative estimate of drug-likeness (QED) is 0.626. The Bertz CT molecular complexity index is 116. The fraction of sp³-hybridized carbons (Fsp3) is 1.00. The Morgan fingerprint density at radius 2 is 1.38 bits per heavy atom. The van der Waals surface area contributed by atoms with E-state index in [9.17, 15) is 0 Å². The molecule has 0 radical (unpaired) electrons. The summed E-state index contributed by atoms with van der Waals surface area (Å²) >= 11 is 0. The van der Waals surface area contributed by atoms with E-state index in [2.05, 4.69) is 27.7 Å². The lowest BCUT2D eigenvalue weighted by atomic mass is 9.89. The lowest BCUT2D eigenvalue weighted by molar-refractivity contribution is 0.149. The van der Waals surface area contributed by atoms with Crippen molar-refractivity contribution >= 4 is 0 Å². The van der Waals surface area contributed by atoms with Crippen LogP contribution in [0.15, 0.2) is 0 Å². The molecule has 2 heteroatoms. The summed E-state index contributed by atoms with van der Waals surface area (Å²) in [6.45, 7) is 9.16. The minimum atomic E-state index is 0.148. The molecular formula is C14H32O2. The van der Waals surface area contributed by atoms with Gasteiger partial charge in [-0.3, -0.25) is 0 Å². The van der Waals surface area contributed by atoms with Crippen molar-refractivity contribution in [2.45, 2.75) is 72.6 Å². The SMILES string of the molecule is CCCC(C)(C)CO.CCCCCCCO. The first-order chi connectivity index (χ1) is 7.54. The van der Waals surface area contributed by atoms with Crippen LogP contribution in [0.25, 0.3) is 0 Å². The van der Waals surface area contributed by atoms with E-state index in [4.69, 9.17) is 10.2 Å². The van der Waals surface area contributed by atoms with Crippen molar-refractivity contribution in [3.8, 4) is 0 Å². The maximum Gasteiger partial charge on any atom is 0.0482 e. The molecule has 0 rings (SSSR count). The smallest absolute Gasteiger partial charge is 0.0482 e. The van der Waals surface area contributed by atoms with Gasteiger partial charge in [0.25, 0.3) is 0 Å². The molecule has 0 aliphatic carbocycles. The zero-order valence-electron chi connectivity index (χ0n) is 11.8. The fourth-order valence-corrected chi connectivity index (χ4v) is 1.47. The molecule has 0 aromatic rings. The zero-order valence-corrected chi connectivity index (χ0v) is 11.8. The second-order valence-electron chi connectivity index (χ2n) is 5.21. The Morgan fingerprint density at radius 1 is 0.812 bits per heavy atom.